The van der Waals surface area contributed by atoms with Crippen molar-refractivity contribution < 1.29 is 18.3 Å². The van der Waals surface area contributed by atoms with E-state index in [1.807, 2.05) is 6.92 Å². The molecule has 1 rings (SSSR count). The fraction of sp³-hybridized carbons (Fsp3) is 0.455. The highest BCUT2D eigenvalue weighted by Crippen LogP contribution is 2.18. The van der Waals surface area contributed by atoms with E-state index in [-0.39, 0.29) is 11.3 Å². The van der Waals surface area contributed by atoms with Gasteiger partial charge in [-0.3, -0.25) is 0 Å². The largest absolute Gasteiger partial charge is 0.478 e. The van der Waals surface area contributed by atoms with Crippen LogP contribution in [0.2, 0.25) is 0 Å². The van der Waals surface area contributed by atoms with Crippen molar-refractivity contribution in [3.63, 3.8) is 0 Å². The van der Waals surface area contributed by atoms with Crippen LogP contribution in [0, 0.1) is 0 Å². The lowest BCUT2D eigenvalue weighted by Crippen LogP contribution is -2.06. The molecule has 0 bridgehead atoms. The summed E-state index contributed by atoms with van der Waals surface area (Å²) in [6.45, 7) is 1.89. The molecule has 0 aliphatic heterocycles. The first-order valence-corrected chi connectivity index (χ1v) is 8.41. The van der Waals surface area contributed by atoms with Gasteiger partial charge in [-0.1, -0.05) is 6.92 Å². The number of carbonyl (C=O) groups is 1. The van der Waals surface area contributed by atoms with Crippen molar-refractivity contribution >= 4 is 27.6 Å². The van der Waals surface area contributed by atoms with Crippen LogP contribution in [0.15, 0.2) is 17.2 Å². The highest BCUT2D eigenvalue weighted by atomic mass is 32.2. The van der Waals surface area contributed by atoms with Gasteiger partial charge in [0.25, 0.3) is 0 Å². The normalized spacial score (nSPS) is 11.4. The highest BCUT2D eigenvalue weighted by molar-refractivity contribution is 8.00. The average Bonchev–Trinajstić information content (AvgIpc) is 2.26. The van der Waals surface area contributed by atoms with E-state index in [9.17, 15) is 13.2 Å². The molecule has 100 valence electrons. The molecule has 0 aliphatic carbocycles. The summed E-state index contributed by atoms with van der Waals surface area (Å²) in [4.78, 5) is 15.2. The summed E-state index contributed by atoms with van der Waals surface area (Å²) in [6, 6.07) is 3.00. The first-order chi connectivity index (χ1) is 8.31. The van der Waals surface area contributed by atoms with Gasteiger partial charge in [-0.2, -0.15) is 0 Å². The molecule has 0 aliphatic rings. The number of hydrogen-bond acceptors (Lipinski definition) is 5. The second kappa shape index (κ2) is 6.19. The number of hydrogen-bond donors (Lipinski definition) is 1. The van der Waals surface area contributed by atoms with Crippen molar-refractivity contribution in [1.29, 1.82) is 0 Å². The predicted molar refractivity (Wildman–Crippen MR) is 71.0 cm³/mol. The van der Waals surface area contributed by atoms with Crippen molar-refractivity contribution in [3.05, 3.63) is 23.4 Å². The van der Waals surface area contributed by atoms with Crippen molar-refractivity contribution in [2.45, 2.75) is 18.4 Å². The lowest BCUT2D eigenvalue weighted by atomic mass is 10.2. The Bertz CT molecular complexity index is 540. The highest BCUT2D eigenvalue weighted by Gasteiger charge is 2.09. The second-order valence-electron chi connectivity index (χ2n) is 3.82. The molecule has 0 saturated carbocycles. The summed E-state index contributed by atoms with van der Waals surface area (Å²) in [5, 5.41) is 9.50. The molecule has 0 unspecified atom stereocenters. The van der Waals surface area contributed by atoms with Gasteiger partial charge in [0, 0.05) is 17.7 Å². The van der Waals surface area contributed by atoms with Gasteiger partial charge in [0.05, 0.1) is 16.3 Å². The Morgan fingerprint density at radius 1 is 1.44 bits per heavy atom. The molecule has 0 fully saturated rings. The van der Waals surface area contributed by atoms with Crippen molar-refractivity contribution in [3.8, 4) is 0 Å². The zero-order valence-corrected chi connectivity index (χ0v) is 11.8. The molecule has 0 aromatic carbocycles. The lowest BCUT2D eigenvalue weighted by molar-refractivity contribution is 0.0696. The number of aromatic carboxylic acids is 1. The molecule has 1 aromatic rings. The van der Waals surface area contributed by atoms with E-state index in [2.05, 4.69) is 4.98 Å². The van der Waals surface area contributed by atoms with E-state index < -0.39 is 15.8 Å². The van der Waals surface area contributed by atoms with Crippen molar-refractivity contribution in [1.82, 2.24) is 4.98 Å². The molecule has 0 saturated heterocycles. The maximum absolute atomic E-state index is 11.0. The number of nitrogens with zero attached hydrogens (tertiary/aromatic N) is 1. The van der Waals surface area contributed by atoms with E-state index in [0.29, 0.717) is 22.9 Å². The zero-order valence-electron chi connectivity index (χ0n) is 10.2. The minimum Gasteiger partial charge on any atom is -0.478 e. The van der Waals surface area contributed by atoms with Gasteiger partial charge in [-0.05, 0) is 18.6 Å². The summed E-state index contributed by atoms with van der Waals surface area (Å²) < 4.78 is 22.0. The number of sulfone groups is 1. The molecular weight excluding hydrogens is 274 g/mol. The van der Waals surface area contributed by atoms with E-state index in [1.54, 1.807) is 0 Å². The average molecular weight is 289 g/mol. The van der Waals surface area contributed by atoms with Crippen LogP contribution in [0.4, 0.5) is 0 Å². The third-order valence-corrected chi connectivity index (χ3v) is 4.29. The Morgan fingerprint density at radius 2 is 2.11 bits per heavy atom. The second-order valence-corrected chi connectivity index (χ2v) is 7.20. The van der Waals surface area contributed by atoms with Crippen LogP contribution in [0.25, 0.3) is 0 Å². The molecule has 18 heavy (non-hydrogen) atoms. The smallest absolute Gasteiger partial charge is 0.335 e. The van der Waals surface area contributed by atoms with Crippen LogP contribution in [-0.4, -0.2) is 42.2 Å². The van der Waals surface area contributed by atoms with Gasteiger partial charge >= 0.3 is 5.97 Å². The van der Waals surface area contributed by atoms with E-state index in [0.717, 1.165) is 0 Å². The fourth-order valence-electron chi connectivity index (χ4n) is 1.24. The topological polar surface area (TPSA) is 84.3 Å². The SMILES string of the molecule is CCc1cc(C(=O)O)cc(SCCS(C)(=O)=O)n1. The minimum atomic E-state index is -3.00. The Kier molecular flexibility index (Phi) is 5.15. The Morgan fingerprint density at radius 3 is 2.61 bits per heavy atom. The molecular formula is C11H15NO4S2. The molecule has 1 heterocycles. The lowest BCUT2D eigenvalue weighted by Gasteiger charge is -2.05. The van der Waals surface area contributed by atoms with Gasteiger partial charge in [-0.15, -0.1) is 11.8 Å². The van der Waals surface area contributed by atoms with Crippen molar-refractivity contribution in [2.24, 2.45) is 0 Å². The molecule has 5 nitrogen and oxygen atoms in total. The van der Waals surface area contributed by atoms with Crippen LogP contribution in [0.1, 0.15) is 23.0 Å². The first-order valence-electron chi connectivity index (χ1n) is 5.36. The monoisotopic (exact) mass is 289 g/mol. The van der Waals surface area contributed by atoms with Gasteiger partial charge < -0.3 is 5.11 Å². The number of pyridine rings is 1. The van der Waals surface area contributed by atoms with E-state index >= 15 is 0 Å². The first kappa shape index (κ1) is 15.0. The number of carboxylic acid groups (broad SMARTS) is 1. The third kappa shape index (κ3) is 5.05. The number of thioether (sulfide) groups is 1. The molecule has 1 N–H and O–H groups in total. The Balaban J connectivity index is 2.82. The van der Waals surface area contributed by atoms with Crippen molar-refractivity contribution in [2.75, 3.05) is 17.8 Å². The van der Waals surface area contributed by atoms with Crippen LogP contribution in [-0.2, 0) is 16.3 Å². The number of rotatable bonds is 6. The van der Waals surface area contributed by atoms with E-state index in [1.165, 1.54) is 30.2 Å². The molecule has 0 radical (unpaired) electrons. The zero-order chi connectivity index (χ0) is 13.8. The third-order valence-electron chi connectivity index (χ3n) is 2.17. The molecule has 1 aromatic heterocycles. The maximum Gasteiger partial charge on any atom is 0.335 e. The van der Waals surface area contributed by atoms with Crippen LogP contribution in [0.3, 0.4) is 0 Å². The van der Waals surface area contributed by atoms with Gasteiger partial charge in [-0.25, -0.2) is 18.2 Å². The predicted octanol–water partition coefficient (Wildman–Crippen LogP) is 1.48. The Labute approximate surface area is 111 Å². The van der Waals surface area contributed by atoms with E-state index in [4.69, 9.17) is 5.11 Å². The summed E-state index contributed by atoms with van der Waals surface area (Å²) >= 11 is 1.25. The number of aromatic nitrogens is 1. The van der Waals surface area contributed by atoms with Gasteiger partial charge in [0.2, 0.25) is 0 Å². The fourth-order valence-corrected chi connectivity index (χ4v) is 3.38. The van der Waals surface area contributed by atoms with Gasteiger partial charge in [0.15, 0.2) is 0 Å². The molecule has 0 amide bonds. The summed E-state index contributed by atoms with van der Waals surface area (Å²) in [5.41, 5.74) is 0.875. The molecule has 0 atom stereocenters. The summed E-state index contributed by atoms with van der Waals surface area (Å²) in [7, 11) is -3.00. The number of carboxylic acids is 1. The number of aryl methyl sites for hydroxylation is 1. The Hall–Kier alpha value is -1.08. The quantitative estimate of drug-likeness (QED) is 0.798. The van der Waals surface area contributed by atoms with Crippen LogP contribution in [0.5, 0.6) is 0 Å². The summed E-state index contributed by atoms with van der Waals surface area (Å²) in [6.07, 6.45) is 1.81. The minimum absolute atomic E-state index is 0.0537. The standard InChI is InChI=1S/C11H15NO4S2/c1-3-9-6-8(11(13)14)7-10(12-9)17-4-5-18(2,15)16/h6-7H,3-5H2,1-2H3,(H,13,14). The molecule has 7 heteroatoms. The summed E-state index contributed by atoms with van der Waals surface area (Å²) in [5.74, 6) is -0.576. The van der Waals surface area contributed by atoms with Crippen LogP contribution < -0.4 is 0 Å². The maximum atomic E-state index is 11.0. The molecule has 0 spiro atoms. The van der Waals surface area contributed by atoms with Crippen LogP contribution >= 0.6 is 11.8 Å². The van der Waals surface area contributed by atoms with Gasteiger partial charge in [0.1, 0.15) is 9.84 Å².